The molecule has 150 valence electrons. The molecule has 0 saturated carbocycles. The number of carbonyl (C=O) groups is 1. The Hall–Kier alpha value is -2.86. The molecule has 0 N–H and O–H groups in total. The van der Waals surface area contributed by atoms with Crippen LogP contribution in [-0.4, -0.2) is 33.0 Å². The Labute approximate surface area is 172 Å². The molecule has 29 heavy (non-hydrogen) atoms. The quantitative estimate of drug-likeness (QED) is 0.664. The number of hydrogen-bond donors (Lipinski definition) is 0. The molecular formula is C22H22ClN3O3. The molecule has 4 rings (SSSR count). The third-order valence-electron chi connectivity index (χ3n) is 5.47. The molecule has 1 aliphatic heterocycles. The summed E-state index contributed by atoms with van der Waals surface area (Å²) in [4.78, 5) is 41.5. The maximum absolute atomic E-state index is 13.5. The largest absolute Gasteiger partial charge is 0.341 e. The molecule has 0 unspecified atom stereocenters. The van der Waals surface area contributed by atoms with Crippen molar-refractivity contribution in [1.29, 1.82) is 0 Å². The van der Waals surface area contributed by atoms with E-state index < -0.39 is 17.3 Å². The van der Waals surface area contributed by atoms with Gasteiger partial charge in [0.1, 0.15) is 6.04 Å². The minimum atomic E-state index is -0.752. The molecule has 1 fully saturated rings. The first-order chi connectivity index (χ1) is 13.9. The van der Waals surface area contributed by atoms with Crippen molar-refractivity contribution in [3.05, 3.63) is 73.9 Å². The highest BCUT2D eigenvalue weighted by atomic mass is 35.5. The van der Waals surface area contributed by atoms with Gasteiger partial charge >= 0.3 is 5.69 Å². The van der Waals surface area contributed by atoms with E-state index in [-0.39, 0.29) is 5.91 Å². The number of likely N-dealkylation sites (tertiary alicyclic amines) is 1. The summed E-state index contributed by atoms with van der Waals surface area (Å²) in [6.07, 6.45) is 1.92. The molecule has 1 saturated heterocycles. The van der Waals surface area contributed by atoms with Crippen LogP contribution >= 0.6 is 11.6 Å². The van der Waals surface area contributed by atoms with Gasteiger partial charge in [0.15, 0.2) is 0 Å². The number of halogens is 1. The lowest BCUT2D eigenvalue weighted by Gasteiger charge is -2.24. The Morgan fingerprint density at radius 2 is 1.79 bits per heavy atom. The van der Waals surface area contributed by atoms with Crippen molar-refractivity contribution in [2.45, 2.75) is 32.7 Å². The first-order valence-corrected chi connectivity index (χ1v) is 10.1. The van der Waals surface area contributed by atoms with Crippen LogP contribution in [0.4, 0.5) is 0 Å². The van der Waals surface area contributed by atoms with E-state index in [1.807, 2.05) is 13.0 Å². The van der Waals surface area contributed by atoms with Crippen LogP contribution in [0.15, 0.2) is 52.1 Å². The third kappa shape index (κ3) is 3.38. The van der Waals surface area contributed by atoms with Crippen LogP contribution in [-0.2, 0) is 4.79 Å². The second kappa shape index (κ2) is 7.52. The van der Waals surface area contributed by atoms with Gasteiger partial charge in [0, 0.05) is 18.1 Å². The summed E-state index contributed by atoms with van der Waals surface area (Å²) in [5.74, 6) is -0.125. The Balaban J connectivity index is 2.02. The van der Waals surface area contributed by atoms with Crippen molar-refractivity contribution < 1.29 is 4.79 Å². The molecule has 1 aromatic heterocycles. The minimum absolute atomic E-state index is 0.125. The van der Waals surface area contributed by atoms with E-state index in [4.69, 9.17) is 11.6 Å². The number of aromatic nitrogens is 2. The number of nitrogens with zero attached hydrogens (tertiary/aromatic N) is 3. The van der Waals surface area contributed by atoms with Crippen LogP contribution in [0.2, 0.25) is 5.02 Å². The molecule has 0 spiro atoms. The Morgan fingerprint density at radius 3 is 2.48 bits per heavy atom. The second-order valence-electron chi connectivity index (χ2n) is 7.50. The summed E-state index contributed by atoms with van der Waals surface area (Å²) in [7, 11) is 0. The van der Waals surface area contributed by atoms with E-state index in [1.165, 1.54) is 4.57 Å². The maximum Gasteiger partial charge on any atom is 0.336 e. The van der Waals surface area contributed by atoms with Gasteiger partial charge in [0.2, 0.25) is 5.91 Å². The molecule has 2 aromatic carbocycles. The highest BCUT2D eigenvalue weighted by molar-refractivity contribution is 6.31. The van der Waals surface area contributed by atoms with Crippen LogP contribution in [0.1, 0.15) is 31.4 Å². The molecule has 7 heteroatoms. The van der Waals surface area contributed by atoms with E-state index in [9.17, 15) is 14.4 Å². The van der Waals surface area contributed by atoms with Crippen molar-refractivity contribution in [2.24, 2.45) is 0 Å². The SMILES string of the molecule is Cc1cccc(-n2c(=O)c3ccc(Cl)cc3n([C@H](C)C(=O)N3CCCC3)c2=O)c1. The molecule has 1 atom stereocenters. The first kappa shape index (κ1) is 19.5. The molecule has 0 aliphatic carbocycles. The number of aryl methyl sites for hydroxylation is 1. The standard InChI is InChI=1S/C22H22ClN3O3/c1-14-6-5-7-17(12-14)26-21(28)18-9-8-16(23)13-19(18)25(22(26)29)15(2)20(27)24-10-3-4-11-24/h5-9,12-13,15H,3-4,10-11H2,1-2H3/t15-/m1/s1. The predicted molar refractivity (Wildman–Crippen MR) is 114 cm³/mol. The number of carbonyl (C=O) groups excluding carboxylic acids is 1. The summed E-state index contributed by atoms with van der Waals surface area (Å²) in [6, 6.07) is 11.2. The van der Waals surface area contributed by atoms with E-state index >= 15 is 0 Å². The van der Waals surface area contributed by atoms with Gasteiger partial charge in [-0.25, -0.2) is 9.36 Å². The van der Waals surface area contributed by atoms with Crippen LogP contribution in [0, 0.1) is 6.92 Å². The van der Waals surface area contributed by atoms with E-state index in [0.717, 1.165) is 23.0 Å². The van der Waals surface area contributed by atoms with Gasteiger partial charge in [-0.2, -0.15) is 0 Å². The fraction of sp³-hybridized carbons (Fsp3) is 0.318. The van der Waals surface area contributed by atoms with Gasteiger partial charge in [-0.05, 0) is 62.6 Å². The fourth-order valence-electron chi connectivity index (χ4n) is 3.98. The monoisotopic (exact) mass is 411 g/mol. The second-order valence-corrected chi connectivity index (χ2v) is 7.94. The summed E-state index contributed by atoms with van der Waals surface area (Å²) >= 11 is 6.16. The fourth-order valence-corrected chi connectivity index (χ4v) is 4.15. The van der Waals surface area contributed by atoms with Crippen LogP contribution in [0.3, 0.4) is 0 Å². The number of fused-ring (bicyclic) bond motifs is 1. The van der Waals surface area contributed by atoms with Gasteiger partial charge in [-0.3, -0.25) is 14.2 Å². The molecule has 1 aliphatic rings. The van der Waals surface area contributed by atoms with E-state index in [1.54, 1.807) is 48.2 Å². The maximum atomic E-state index is 13.5. The number of hydrogen-bond acceptors (Lipinski definition) is 3. The summed E-state index contributed by atoms with van der Waals surface area (Å²) in [5, 5.41) is 0.746. The van der Waals surface area contributed by atoms with Gasteiger partial charge in [0.25, 0.3) is 5.56 Å². The summed E-state index contributed by atoms with van der Waals surface area (Å²) < 4.78 is 2.53. The molecule has 6 nitrogen and oxygen atoms in total. The van der Waals surface area contributed by atoms with Crippen molar-refractivity contribution in [3.8, 4) is 5.69 Å². The van der Waals surface area contributed by atoms with Gasteiger partial charge < -0.3 is 4.90 Å². The average Bonchev–Trinajstić information content (AvgIpc) is 3.22. The lowest BCUT2D eigenvalue weighted by Crippen LogP contribution is -2.44. The number of amides is 1. The number of rotatable bonds is 3. The molecule has 2 heterocycles. The van der Waals surface area contributed by atoms with Crippen molar-refractivity contribution >= 4 is 28.4 Å². The smallest absolute Gasteiger partial charge is 0.336 e. The van der Waals surface area contributed by atoms with E-state index in [2.05, 4.69) is 0 Å². The summed E-state index contributed by atoms with van der Waals surface area (Å²) in [5.41, 5.74) is 0.806. The van der Waals surface area contributed by atoms with Gasteiger partial charge in [-0.1, -0.05) is 23.7 Å². The first-order valence-electron chi connectivity index (χ1n) is 9.71. The lowest BCUT2D eigenvalue weighted by atomic mass is 10.2. The Kier molecular flexibility index (Phi) is 5.04. The van der Waals surface area contributed by atoms with Crippen LogP contribution in [0.25, 0.3) is 16.6 Å². The third-order valence-corrected chi connectivity index (χ3v) is 5.71. The van der Waals surface area contributed by atoms with Crippen molar-refractivity contribution in [3.63, 3.8) is 0 Å². The normalized spacial score (nSPS) is 15.1. The minimum Gasteiger partial charge on any atom is -0.341 e. The van der Waals surface area contributed by atoms with Crippen molar-refractivity contribution in [1.82, 2.24) is 14.0 Å². The zero-order valence-electron chi connectivity index (χ0n) is 16.4. The Morgan fingerprint density at radius 1 is 1.07 bits per heavy atom. The summed E-state index contributed by atoms with van der Waals surface area (Å²) in [6.45, 7) is 4.98. The van der Waals surface area contributed by atoms with Crippen LogP contribution in [0.5, 0.6) is 0 Å². The topological polar surface area (TPSA) is 64.3 Å². The predicted octanol–water partition coefficient (Wildman–Crippen LogP) is 3.30. The number of benzene rings is 2. The highest BCUT2D eigenvalue weighted by Crippen LogP contribution is 2.22. The molecule has 0 bridgehead atoms. The molecule has 0 radical (unpaired) electrons. The highest BCUT2D eigenvalue weighted by Gasteiger charge is 2.28. The van der Waals surface area contributed by atoms with Gasteiger partial charge in [-0.15, -0.1) is 0 Å². The molecule has 1 amide bonds. The molecule has 3 aromatic rings. The zero-order valence-corrected chi connectivity index (χ0v) is 17.1. The zero-order chi connectivity index (χ0) is 20.7. The molecular weight excluding hydrogens is 390 g/mol. The average molecular weight is 412 g/mol. The van der Waals surface area contributed by atoms with Crippen molar-refractivity contribution in [2.75, 3.05) is 13.1 Å². The van der Waals surface area contributed by atoms with E-state index in [0.29, 0.717) is 34.7 Å². The van der Waals surface area contributed by atoms with Crippen LogP contribution < -0.4 is 11.2 Å². The Bertz CT molecular complexity index is 1220. The van der Waals surface area contributed by atoms with Gasteiger partial charge in [0.05, 0.1) is 16.6 Å². The lowest BCUT2D eigenvalue weighted by molar-refractivity contribution is -0.133.